The van der Waals surface area contributed by atoms with E-state index >= 15 is 0 Å². The van der Waals surface area contributed by atoms with E-state index in [1.807, 2.05) is 0 Å². The molecular formula is C19H31IN4. The van der Waals surface area contributed by atoms with Gasteiger partial charge in [0.05, 0.1) is 6.54 Å². The maximum Gasteiger partial charge on any atom is 0.191 e. The Labute approximate surface area is 163 Å². The highest BCUT2D eigenvalue weighted by Crippen LogP contribution is 2.20. The van der Waals surface area contributed by atoms with Gasteiger partial charge >= 0.3 is 0 Å². The first-order valence-corrected chi connectivity index (χ1v) is 9.10. The molecule has 0 bridgehead atoms. The van der Waals surface area contributed by atoms with Gasteiger partial charge in [0.25, 0.3) is 0 Å². The van der Waals surface area contributed by atoms with Gasteiger partial charge in [-0.05, 0) is 37.3 Å². The third kappa shape index (κ3) is 5.09. The number of rotatable bonds is 3. The third-order valence-corrected chi connectivity index (χ3v) is 5.23. The molecule has 0 aliphatic carbocycles. The van der Waals surface area contributed by atoms with Gasteiger partial charge in [0.1, 0.15) is 0 Å². The summed E-state index contributed by atoms with van der Waals surface area (Å²) in [5.41, 5.74) is 9.20. The van der Waals surface area contributed by atoms with Crippen molar-refractivity contribution in [1.82, 2.24) is 9.80 Å². The van der Waals surface area contributed by atoms with Crippen LogP contribution in [0.3, 0.4) is 0 Å². The first-order valence-electron chi connectivity index (χ1n) is 9.10. The van der Waals surface area contributed by atoms with E-state index in [4.69, 9.17) is 10.7 Å². The molecule has 1 unspecified atom stereocenters. The molecule has 1 atom stereocenters. The Bertz CT molecular complexity index is 538. The zero-order chi connectivity index (χ0) is 16.1. The Kier molecular flexibility index (Phi) is 7.81. The summed E-state index contributed by atoms with van der Waals surface area (Å²) in [4.78, 5) is 9.50. The number of hydrogen-bond donors (Lipinski definition) is 1. The smallest absolute Gasteiger partial charge is 0.191 e. The molecule has 4 nitrogen and oxygen atoms in total. The standard InChI is InChI=1S/C19H30N4.HI/c1-16(14-21-19(20)22-11-6-2-3-7-12-22)23-13-10-17-8-4-5-9-18(17)15-23;/h4-5,8-9,16H,2-3,6-7,10-15H2,1H3,(H2,20,21);1H. The quantitative estimate of drug-likeness (QED) is 0.444. The lowest BCUT2D eigenvalue weighted by atomic mass is 9.99. The van der Waals surface area contributed by atoms with Gasteiger partial charge in [-0.2, -0.15) is 0 Å². The van der Waals surface area contributed by atoms with Crippen LogP contribution in [0.25, 0.3) is 0 Å². The van der Waals surface area contributed by atoms with E-state index in [1.54, 1.807) is 0 Å². The largest absolute Gasteiger partial charge is 0.370 e. The Hall–Kier alpha value is -0.820. The fraction of sp³-hybridized carbons (Fsp3) is 0.632. The molecule has 3 rings (SSSR count). The summed E-state index contributed by atoms with van der Waals surface area (Å²) < 4.78 is 0. The van der Waals surface area contributed by atoms with Gasteiger partial charge in [0.15, 0.2) is 5.96 Å². The summed E-state index contributed by atoms with van der Waals surface area (Å²) in [6.45, 7) is 7.37. The van der Waals surface area contributed by atoms with Crippen LogP contribution < -0.4 is 5.73 Å². The fourth-order valence-corrected chi connectivity index (χ4v) is 3.63. The van der Waals surface area contributed by atoms with Crippen molar-refractivity contribution in [2.24, 2.45) is 10.7 Å². The van der Waals surface area contributed by atoms with Crippen LogP contribution >= 0.6 is 24.0 Å². The lowest BCUT2D eigenvalue weighted by Gasteiger charge is -2.33. The predicted octanol–water partition coefficient (Wildman–Crippen LogP) is 3.24. The van der Waals surface area contributed by atoms with E-state index in [0.29, 0.717) is 6.04 Å². The molecule has 2 aliphatic heterocycles. The summed E-state index contributed by atoms with van der Waals surface area (Å²) in [6, 6.07) is 9.23. The number of guanidine groups is 1. The van der Waals surface area contributed by atoms with E-state index < -0.39 is 0 Å². The van der Waals surface area contributed by atoms with Gasteiger partial charge in [0, 0.05) is 32.2 Å². The fourth-order valence-electron chi connectivity index (χ4n) is 3.63. The van der Waals surface area contributed by atoms with Gasteiger partial charge in [-0.25, -0.2) is 0 Å². The number of aliphatic imine (C=N–C) groups is 1. The van der Waals surface area contributed by atoms with Crippen LogP contribution in [0.15, 0.2) is 29.3 Å². The second kappa shape index (κ2) is 9.61. The summed E-state index contributed by atoms with van der Waals surface area (Å²) in [6.07, 6.45) is 6.29. The summed E-state index contributed by atoms with van der Waals surface area (Å²) in [5, 5.41) is 0. The van der Waals surface area contributed by atoms with E-state index in [0.717, 1.165) is 45.1 Å². The number of fused-ring (bicyclic) bond motifs is 1. The topological polar surface area (TPSA) is 44.9 Å². The molecule has 0 amide bonds. The van der Waals surface area contributed by atoms with Gasteiger partial charge in [-0.3, -0.25) is 9.89 Å². The minimum Gasteiger partial charge on any atom is -0.370 e. The van der Waals surface area contributed by atoms with Crippen molar-refractivity contribution in [2.75, 3.05) is 26.2 Å². The SMILES string of the molecule is CC(CN=C(N)N1CCCCCC1)N1CCc2ccccc2C1.I. The van der Waals surface area contributed by atoms with Crippen LogP contribution in [-0.4, -0.2) is 48.0 Å². The number of halogens is 1. The molecule has 0 radical (unpaired) electrons. The molecule has 1 aromatic rings. The average Bonchev–Trinajstić information content (AvgIpc) is 2.88. The Morgan fingerprint density at radius 2 is 1.75 bits per heavy atom. The normalized spacial score (nSPS) is 20.7. The molecule has 1 saturated heterocycles. The number of hydrogen-bond acceptors (Lipinski definition) is 2. The number of likely N-dealkylation sites (tertiary alicyclic amines) is 1. The van der Waals surface area contributed by atoms with E-state index in [2.05, 4.69) is 41.0 Å². The zero-order valence-corrected chi connectivity index (χ0v) is 17.1. The molecule has 0 aromatic heterocycles. The molecule has 0 saturated carbocycles. The van der Waals surface area contributed by atoms with Crippen LogP contribution in [0.5, 0.6) is 0 Å². The monoisotopic (exact) mass is 442 g/mol. The number of nitrogens with two attached hydrogens (primary N) is 1. The Morgan fingerprint density at radius 1 is 1.08 bits per heavy atom. The molecule has 0 spiro atoms. The molecule has 24 heavy (non-hydrogen) atoms. The predicted molar refractivity (Wildman–Crippen MR) is 112 cm³/mol. The molecule has 5 heteroatoms. The molecule has 2 aliphatic rings. The third-order valence-electron chi connectivity index (χ3n) is 5.23. The van der Waals surface area contributed by atoms with Crippen LogP contribution in [0.2, 0.25) is 0 Å². The maximum absolute atomic E-state index is 6.23. The Morgan fingerprint density at radius 3 is 2.46 bits per heavy atom. The molecular weight excluding hydrogens is 411 g/mol. The zero-order valence-electron chi connectivity index (χ0n) is 14.8. The van der Waals surface area contributed by atoms with Crippen molar-refractivity contribution in [1.29, 1.82) is 0 Å². The van der Waals surface area contributed by atoms with Crippen LogP contribution in [0.4, 0.5) is 0 Å². The lowest BCUT2D eigenvalue weighted by molar-refractivity contribution is 0.195. The van der Waals surface area contributed by atoms with Gasteiger partial charge in [-0.15, -0.1) is 24.0 Å². The maximum atomic E-state index is 6.23. The van der Waals surface area contributed by atoms with Gasteiger partial charge in [-0.1, -0.05) is 37.1 Å². The van der Waals surface area contributed by atoms with Crippen molar-refractivity contribution in [2.45, 2.75) is 51.6 Å². The van der Waals surface area contributed by atoms with Crippen molar-refractivity contribution in [3.8, 4) is 0 Å². The second-order valence-electron chi connectivity index (χ2n) is 6.94. The molecule has 2 heterocycles. The lowest BCUT2D eigenvalue weighted by Crippen LogP contribution is -2.41. The van der Waals surface area contributed by atoms with Crippen LogP contribution in [-0.2, 0) is 13.0 Å². The van der Waals surface area contributed by atoms with Crippen molar-refractivity contribution in [3.05, 3.63) is 35.4 Å². The van der Waals surface area contributed by atoms with Crippen LogP contribution in [0, 0.1) is 0 Å². The number of nitrogens with zero attached hydrogens (tertiary/aromatic N) is 3. The summed E-state index contributed by atoms with van der Waals surface area (Å²) >= 11 is 0. The first-order chi connectivity index (χ1) is 11.2. The molecule has 1 fully saturated rings. The van der Waals surface area contributed by atoms with Crippen LogP contribution in [0.1, 0.15) is 43.7 Å². The van der Waals surface area contributed by atoms with E-state index in [9.17, 15) is 0 Å². The van der Waals surface area contributed by atoms with E-state index in [-0.39, 0.29) is 24.0 Å². The highest BCUT2D eigenvalue weighted by Gasteiger charge is 2.20. The summed E-state index contributed by atoms with van der Waals surface area (Å²) in [5.74, 6) is 0.746. The van der Waals surface area contributed by atoms with Gasteiger partial charge < -0.3 is 10.6 Å². The summed E-state index contributed by atoms with van der Waals surface area (Å²) in [7, 11) is 0. The highest BCUT2D eigenvalue weighted by molar-refractivity contribution is 14.0. The highest BCUT2D eigenvalue weighted by atomic mass is 127. The van der Waals surface area contributed by atoms with Crippen molar-refractivity contribution >= 4 is 29.9 Å². The molecule has 134 valence electrons. The van der Waals surface area contributed by atoms with Crippen molar-refractivity contribution in [3.63, 3.8) is 0 Å². The molecule has 2 N–H and O–H groups in total. The number of benzene rings is 1. The Balaban J connectivity index is 0.00000208. The van der Waals surface area contributed by atoms with Crippen molar-refractivity contribution < 1.29 is 0 Å². The van der Waals surface area contributed by atoms with Gasteiger partial charge in [0.2, 0.25) is 0 Å². The second-order valence-corrected chi connectivity index (χ2v) is 6.94. The first kappa shape index (κ1) is 19.5. The average molecular weight is 442 g/mol. The minimum absolute atomic E-state index is 0. The molecule has 1 aromatic carbocycles. The minimum atomic E-state index is 0. The van der Waals surface area contributed by atoms with E-state index in [1.165, 1.54) is 36.8 Å².